The number of hydrogen-bond acceptors (Lipinski definition) is 5. The lowest BCUT2D eigenvalue weighted by Crippen LogP contribution is -2.37. The first-order valence-electron chi connectivity index (χ1n) is 12.7. The number of nitriles is 1. The number of rotatable bonds is 5. The maximum atomic E-state index is 14.0. The Bertz CT molecular complexity index is 1460. The summed E-state index contributed by atoms with van der Waals surface area (Å²) in [5.41, 5.74) is 1.09. The van der Waals surface area contributed by atoms with Crippen LogP contribution in [-0.4, -0.2) is 39.2 Å². The van der Waals surface area contributed by atoms with Crippen molar-refractivity contribution >= 4 is 17.2 Å². The van der Waals surface area contributed by atoms with Gasteiger partial charge in [0.15, 0.2) is 5.69 Å². The number of nitrogens with zero attached hydrogens (tertiary/aromatic N) is 4. The molecule has 3 aliphatic rings. The van der Waals surface area contributed by atoms with Crippen molar-refractivity contribution in [1.82, 2.24) is 20.0 Å². The van der Waals surface area contributed by atoms with Gasteiger partial charge in [0.1, 0.15) is 10.9 Å². The van der Waals surface area contributed by atoms with E-state index in [1.54, 1.807) is 36.1 Å². The number of alkyl halides is 3. The molecule has 1 aromatic carbocycles. The fraction of sp³-hybridized carbons (Fsp3) is 0.393. The minimum absolute atomic E-state index is 0.0152. The van der Waals surface area contributed by atoms with Crippen LogP contribution in [0.25, 0.3) is 11.1 Å². The smallest absolute Gasteiger partial charge is 0.333 e. The second kappa shape index (κ2) is 9.40. The van der Waals surface area contributed by atoms with E-state index in [-0.39, 0.29) is 23.4 Å². The minimum Gasteiger partial charge on any atom is -0.333 e. The Balaban J connectivity index is 1.38. The summed E-state index contributed by atoms with van der Waals surface area (Å²) in [6.45, 7) is 2.73. The molecule has 38 heavy (non-hydrogen) atoms. The Hall–Kier alpha value is -3.42. The normalized spacial score (nSPS) is 24.3. The SMILES string of the molecule is CCn1cc(-c2ccccc2[C@@H]2CN(C(=O)/C=C/[C@@H]3C[C@@H]4C[C@@H]4N3)Cc3sc(C#N)cc32)c(C(F)(F)F)n1. The van der Waals surface area contributed by atoms with Crippen LogP contribution >= 0.6 is 11.3 Å². The quantitative estimate of drug-likeness (QED) is 0.448. The number of nitrogens with one attached hydrogen (secondary N) is 1. The van der Waals surface area contributed by atoms with E-state index in [2.05, 4.69) is 16.5 Å². The number of carbonyl (C=O) groups excluding carboxylic acids is 1. The van der Waals surface area contributed by atoms with E-state index in [1.807, 2.05) is 18.2 Å². The Morgan fingerprint density at radius 1 is 1.26 bits per heavy atom. The van der Waals surface area contributed by atoms with Crippen molar-refractivity contribution < 1.29 is 18.0 Å². The maximum Gasteiger partial charge on any atom is 0.435 e. The highest BCUT2D eigenvalue weighted by atomic mass is 32.1. The highest BCUT2D eigenvalue weighted by Gasteiger charge is 2.45. The van der Waals surface area contributed by atoms with Gasteiger partial charge < -0.3 is 10.2 Å². The second-order valence-electron chi connectivity index (χ2n) is 10.2. The molecule has 4 atom stereocenters. The molecule has 6 nitrogen and oxygen atoms in total. The largest absolute Gasteiger partial charge is 0.435 e. The topological polar surface area (TPSA) is 74.0 Å². The van der Waals surface area contributed by atoms with Crippen LogP contribution in [0, 0.1) is 17.2 Å². The van der Waals surface area contributed by atoms with E-state index in [0.717, 1.165) is 16.9 Å². The van der Waals surface area contributed by atoms with Crippen molar-refractivity contribution in [1.29, 1.82) is 5.26 Å². The number of fused-ring (bicyclic) bond motifs is 2. The number of hydrogen-bond donors (Lipinski definition) is 1. The molecule has 0 radical (unpaired) electrons. The summed E-state index contributed by atoms with van der Waals surface area (Å²) in [6.07, 6.45) is 2.61. The van der Waals surface area contributed by atoms with E-state index < -0.39 is 11.9 Å². The number of aromatic nitrogens is 2. The van der Waals surface area contributed by atoms with Crippen LogP contribution in [0.5, 0.6) is 0 Å². The molecule has 3 aromatic rings. The molecule has 2 aliphatic heterocycles. The molecule has 0 bridgehead atoms. The van der Waals surface area contributed by atoms with Crippen molar-refractivity contribution in [3.63, 3.8) is 0 Å². The van der Waals surface area contributed by atoms with E-state index in [4.69, 9.17) is 0 Å². The Morgan fingerprint density at radius 3 is 2.79 bits per heavy atom. The standard InChI is InChI=1S/C28H26F3N5OS/c1-2-36-14-23(27(34-36)28(29,30)31)20-6-4-3-5-19(20)22-13-35(15-25-21(22)11-18(12-32)38-25)26(37)8-7-17-9-16-10-24(16)33-17/h3-8,11,14,16-17,22,24,33H,2,9-10,13,15H2,1H3/b8-7+/t16-,17-,22+,24+/m1/s1. The van der Waals surface area contributed by atoms with E-state index >= 15 is 0 Å². The molecule has 196 valence electrons. The van der Waals surface area contributed by atoms with Gasteiger partial charge >= 0.3 is 6.18 Å². The van der Waals surface area contributed by atoms with Gasteiger partial charge in [-0.15, -0.1) is 11.3 Å². The lowest BCUT2D eigenvalue weighted by Gasteiger charge is -2.33. The Morgan fingerprint density at radius 2 is 2.08 bits per heavy atom. The third-order valence-electron chi connectivity index (χ3n) is 7.74. The first-order chi connectivity index (χ1) is 18.2. The zero-order chi connectivity index (χ0) is 26.6. The van der Waals surface area contributed by atoms with Crippen LogP contribution in [-0.2, 0) is 24.1 Å². The average molecular weight is 538 g/mol. The molecule has 10 heteroatoms. The minimum atomic E-state index is -4.61. The van der Waals surface area contributed by atoms with Gasteiger partial charge in [-0.2, -0.15) is 23.5 Å². The van der Waals surface area contributed by atoms with Crippen molar-refractivity contribution in [2.45, 2.75) is 57.0 Å². The molecule has 2 aromatic heterocycles. The molecular weight excluding hydrogens is 511 g/mol. The van der Waals surface area contributed by atoms with Gasteiger partial charge in [0.25, 0.3) is 0 Å². The highest BCUT2D eigenvalue weighted by Crippen LogP contribution is 2.44. The second-order valence-corrected chi connectivity index (χ2v) is 11.3. The fourth-order valence-electron chi connectivity index (χ4n) is 5.76. The summed E-state index contributed by atoms with van der Waals surface area (Å²) in [5, 5.41) is 16.9. The van der Waals surface area contributed by atoms with E-state index in [9.17, 15) is 23.2 Å². The van der Waals surface area contributed by atoms with Crippen LogP contribution in [0.3, 0.4) is 0 Å². The molecule has 1 aliphatic carbocycles. The zero-order valence-electron chi connectivity index (χ0n) is 20.7. The van der Waals surface area contributed by atoms with Crippen LogP contribution < -0.4 is 5.32 Å². The first kappa shape index (κ1) is 24.9. The van der Waals surface area contributed by atoms with Gasteiger partial charge in [0, 0.05) is 53.8 Å². The number of aryl methyl sites for hydroxylation is 1. The molecule has 1 saturated carbocycles. The molecule has 1 saturated heterocycles. The monoisotopic (exact) mass is 537 g/mol. The highest BCUT2D eigenvalue weighted by molar-refractivity contribution is 7.12. The molecule has 1 N–H and O–H groups in total. The van der Waals surface area contributed by atoms with Crippen LogP contribution in [0.15, 0.2) is 48.7 Å². The molecule has 2 fully saturated rings. The maximum absolute atomic E-state index is 14.0. The predicted molar refractivity (Wildman–Crippen MR) is 137 cm³/mol. The number of thiophene rings is 1. The molecular formula is C28H26F3N5OS. The molecule has 0 spiro atoms. The number of carbonyl (C=O) groups is 1. The van der Waals surface area contributed by atoms with Crippen LogP contribution in [0.4, 0.5) is 13.2 Å². The number of piperidine rings is 1. The average Bonchev–Trinajstić information content (AvgIpc) is 3.27. The first-order valence-corrected chi connectivity index (χ1v) is 13.6. The Kier molecular flexibility index (Phi) is 6.16. The Labute approximate surface area is 222 Å². The summed E-state index contributed by atoms with van der Waals surface area (Å²) in [4.78, 5) is 16.4. The molecule has 1 amide bonds. The van der Waals surface area contributed by atoms with Gasteiger partial charge in [-0.3, -0.25) is 9.48 Å². The van der Waals surface area contributed by atoms with Gasteiger partial charge in [0.2, 0.25) is 5.91 Å². The summed E-state index contributed by atoms with van der Waals surface area (Å²) in [7, 11) is 0. The molecule has 4 heterocycles. The summed E-state index contributed by atoms with van der Waals surface area (Å²) in [5.74, 6) is 0.198. The van der Waals surface area contributed by atoms with Crippen molar-refractivity contribution in [3.8, 4) is 17.2 Å². The van der Waals surface area contributed by atoms with E-state index in [1.165, 1.54) is 28.6 Å². The van der Waals surface area contributed by atoms with Crippen molar-refractivity contribution in [2.75, 3.05) is 6.54 Å². The lowest BCUT2D eigenvalue weighted by molar-refractivity contribution is -0.141. The predicted octanol–water partition coefficient (Wildman–Crippen LogP) is 5.30. The van der Waals surface area contributed by atoms with Crippen molar-refractivity contribution in [2.24, 2.45) is 5.92 Å². The van der Waals surface area contributed by atoms with Gasteiger partial charge in [-0.25, -0.2) is 0 Å². The molecule has 0 unspecified atom stereocenters. The van der Waals surface area contributed by atoms with Gasteiger partial charge in [0.05, 0.1) is 6.54 Å². The zero-order valence-corrected chi connectivity index (χ0v) is 21.5. The number of benzene rings is 1. The van der Waals surface area contributed by atoms with E-state index in [0.29, 0.717) is 47.6 Å². The number of halogens is 3. The third-order valence-corrected chi connectivity index (χ3v) is 8.78. The summed E-state index contributed by atoms with van der Waals surface area (Å²) >= 11 is 1.33. The fourth-order valence-corrected chi connectivity index (χ4v) is 6.80. The third kappa shape index (κ3) is 4.54. The molecule has 6 rings (SSSR count). The number of amides is 1. The van der Waals surface area contributed by atoms with Crippen LogP contribution in [0.1, 0.15) is 52.3 Å². The van der Waals surface area contributed by atoms with Crippen LogP contribution in [0.2, 0.25) is 0 Å². The summed E-state index contributed by atoms with van der Waals surface area (Å²) in [6, 6.07) is 11.8. The summed E-state index contributed by atoms with van der Waals surface area (Å²) < 4.78 is 43.2. The van der Waals surface area contributed by atoms with Gasteiger partial charge in [-0.1, -0.05) is 30.3 Å². The van der Waals surface area contributed by atoms with Gasteiger partial charge in [-0.05, 0) is 48.4 Å². The lowest BCUT2D eigenvalue weighted by atomic mass is 9.83. The van der Waals surface area contributed by atoms with Crippen molar-refractivity contribution in [3.05, 3.63) is 75.3 Å².